The van der Waals surface area contributed by atoms with Crippen LogP contribution in [0.15, 0.2) is 71.6 Å². The molecular formula is C19H20N2O6S. The molecule has 148 valence electrons. The van der Waals surface area contributed by atoms with Crippen molar-refractivity contribution in [1.82, 2.24) is 0 Å². The van der Waals surface area contributed by atoms with E-state index in [1.165, 1.54) is 31.2 Å². The highest BCUT2D eigenvalue weighted by molar-refractivity contribution is 7.92. The molecule has 0 atom stereocenters. The number of carbonyl (C=O) groups is 2. The Morgan fingerprint density at radius 1 is 0.929 bits per heavy atom. The zero-order valence-corrected chi connectivity index (χ0v) is 16.0. The number of carbonyl (C=O) groups excluding carboxylic acids is 2. The Kier molecular flexibility index (Phi) is 7.16. The molecule has 0 aliphatic carbocycles. The van der Waals surface area contributed by atoms with Gasteiger partial charge in [-0.3, -0.25) is 10.0 Å². The number of para-hydroxylation sites is 1. The average Bonchev–Trinajstić information content (AvgIpc) is 2.66. The van der Waals surface area contributed by atoms with Crippen LogP contribution in [0.5, 0.6) is 0 Å². The zero-order valence-electron chi connectivity index (χ0n) is 15.2. The first-order chi connectivity index (χ1) is 13.3. The molecule has 2 N–H and O–H groups in total. The minimum absolute atomic E-state index is 0.0435. The summed E-state index contributed by atoms with van der Waals surface area (Å²) in [5, 5.41) is 2.45. The molecule has 0 saturated carbocycles. The number of hydrogen-bond acceptors (Lipinski definition) is 6. The van der Waals surface area contributed by atoms with Gasteiger partial charge in [-0.15, -0.1) is 0 Å². The first kappa shape index (κ1) is 21.0. The van der Waals surface area contributed by atoms with Crippen molar-refractivity contribution in [2.75, 3.05) is 23.3 Å². The highest BCUT2D eigenvalue weighted by Gasteiger charge is 2.14. The van der Waals surface area contributed by atoms with Crippen molar-refractivity contribution < 1.29 is 27.5 Å². The van der Waals surface area contributed by atoms with Gasteiger partial charge in [0.05, 0.1) is 4.90 Å². The monoisotopic (exact) mass is 404 g/mol. The van der Waals surface area contributed by atoms with E-state index < -0.39 is 22.1 Å². The SMILES string of the molecule is C=C(C)C(=O)OCCOC(=O)Nc1ccc(S(=O)(=O)Nc2ccccc2)cc1. The molecule has 0 saturated heterocycles. The van der Waals surface area contributed by atoms with Gasteiger partial charge in [-0.05, 0) is 43.3 Å². The molecule has 2 rings (SSSR count). The maximum Gasteiger partial charge on any atom is 0.411 e. The number of esters is 1. The third-order valence-corrected chi connectivity index (χ3v) is 4.73. The number of amides is 1. The normalized spacial score (nSPS) is 10.6. The number of anilines is 2. The molecule has 0 fully saturated rings. The molecule has 0 bridgehead atoms. The number of hydrogen-bond donors (Lipinski definition) is 2. The summed E-state index contributed by atoms with van der Waals surface area (Å²) in [6.07, 6.45) is -0.760. The molecule has 2 aromatic rings. The summed E-state index contributed by atoms with van der Waals surface area (Å²) in [4.78, 5) is 22.9. The molecule has 0 aromatic heterocycles. The summed E-state index contributed by atoms with van der Waals surface area (Å²) in [6, 6.07) is 14.1. The molecule has 28 heavy (non-hydrogen) atoms. The van der Waals surface area contributed by atoms with Crippen LogP contribution in [0.25, 0.3) is 0 Å². The summed E-state index contributed by atoms with van der Waals surface area (Å²) in [7, 11) is -3.74. The molecule has 0 unspecified atom stereocenters. The second-order valence-corrected chi connectivity index (χ2v) is 7.36. The summed E-state index contributed by atoms with van der Waals surface area (Å²) in [6.45, 7) is 4.72. The van der Waals surface area contributed by atoms with Crippen LogP contribution < -0.4 is 10.0 Å². The summed E-state index contributed by atoms with van der Waals surface area (Å²) >= 11 is 0. The Bertz CT molecular complexity index is 940. The fourth-order valence-corrected chi connectivity index (χ4v) is 3.04. The predicted octanol–water partition coefficient (Wildman–Crippen LogP) is 3.16. The van der Waals surface area contributed by atoms with Crippen molar-refractivity contribution in [2.24, 2.45) is 0 Å². The van der Waals surface area contributed by atoms with Gasteiger partial charge in [0.1, 0.15) is 13.2 Å². The fourth-order valence-electron chi connectivity index (χ4n) is 1.98. The van der Waals surface area contributed by atoms with E-state index in [0.717, 1.165) is 0 Å². The lowest BCUT2D eigenvalue weighted by atomic mass is 10.3. The van der Waals surface area contributed by atoms with Crippen LogP contribution in [0.3, 0.4) is 0 Å². The summed E-state index contributed by atoms with van der Waals surface area (Å²) in [5.74, 6) is -0.565. The summed E-state index contributed by atoms with van der Waals surface area (Å²) < 4.78 is 36.8. The van der Waals surface area contributed by atoms with Gasteiger partial charge >= 0.3 is 12.1 Å². The maximum absolute atomic E-state index is 12.3. The Morgan fingerprint density at radius 3 is 2.14 bits per heavy atom. The average molecular weight is 404 g/mol. The number of rotatable bonds is 8. The van der Waals surface area contributed by atoms with Gasteiger partial charge in [0.25, 0.3) is 10.0 Å². The molecule has 8 nitrogen and oxygen atoms in total. The predicted molar refractivity (Wildman–Crippen MR) is 104 cm³/mol. The van der Waals surface area contributed by atoms with Crippen LogP contribution in [0.1, 0.15) is 6.92 Å². The smallest absolute Gasteiger partial charge is 0.411 e. The van der Waals surface area contributed by atoms with Gasteiger partial charge in [-0.25, -0.2) is 18.0 Å². The summed E-state index contributed by atoms with van der Waals surface area (Å²) in [5.41, 5.74) is 1.05. The van der Waals surface area contributed by atoms with Crippen LogP contribution >= 0.6 is 0 Å². The van der Waals surface area contributed by atoms with E-state index in [1.54, 1.807) is 30.3 Å². The molecule has 9 heteroatoms. The first-order valence-corrected chi connectivity index (χ1v) is 9.70. The third-order valence-electron chi connectivity index (χ3n) is 3.34. The number of ether oxygens (including phenoxy) is 2. The van der Waals surface area contributed by atoms with E-state index in [2.05, 4.69) is 16.6 Å². The second kappa shape index (κ2) is 9.56. The molecule has 0 radical (unpaired) electrons. The Balaban J connectivity index is 1.85. The van der Waals surface area contributed by atoms with E-state index >= 15 is 0 Å². The minimum Gasteiger partial charge on any atom is -0.459 e. The van der Waals surface area contributed by atoms with Gasteiger partial charge in [-0.2, -0.15) is 0 Å². The van der Waals surface area contributed by atoms with Crippen LogP contribution in [-0.4, -0.2) is 33.7 Å². The van der Waals surface area contributed by atoms with Crippen LogP contribution in [-0.2, 0) is 24.3 Å². The molecular weight excluding hydrogens is 384 g/mol. The van der Waals surface area contributed by atoms with E-state index in [0.29, 0.717) is 11.4 Å². The lowest BCUT2D eigenvalue weighted by molar-refractivity contribution is -0.139. The van der Waals surface area contributed by atoms with Gasteiger partial charge in [0.2, 0.25) is 0 Å². The molecule has 1 amide bonds. The topological polar surface area (TPSA) is 111 Å². The van der Waals surface area contributed by atoms with Crippen molar-refractivity contribution in [3.8, 4) is 0 Å². The van der Waals surface area contributed by atoms with E-state index in [1.807, 2.05) is 0 Å². The standard InChI is InChI=1S/C19H20N2O6S/c1-14(2)18(22)26-12-13-27-19(23)20-15-8-10-17(11-9-15)28(24,25)21-16-6-4-3-5-7-16/h3-11,21H,1,12-13H2,2H3,(H,20,23). The lowest BCUT2D eigenvalue weighted by Crippen LogP contribution is -2.18. The Labute approximate surface area is 163 Å². The van der Waals surface area contributed by atoms with Gasteiger partial charge in [-0.1, -0.05) is 24.8 Å². The molecule has 0 aliphatic heterocycles. The van der Waals surface area contributed by atoms with Crippen LogP contribution in [0, 0.1) is 0 Å². The minimum atomic E-state index is -3.74. The van der Waals surface area contributed by atoms with E-state index in [4.69, 9.17) is 9.47 Å². The number of benzene rings is 2. The highest BCUT2D eigenvalue weighted by atomic mass is 32.2. The first-order valence-electron chi connectivity index (χ1n) is 8.22. The van der Waals surface area contributed by atoms with Crippen LogP contribution in [0.2, 0.25) is 0 Å². The third kappa shape index (κ3) is 6.44. The lowest BCUT2D eigenvalue weighted by Gasteiger charge is -2.10. The van der Waals surface area contributed by atoms with Crippen molar-refractivity contribution in [1.29, 1.82) is 0 Å². The zero-order chi connectivity index (χ0) is 20.6. The number of sulfonamides is 1. The van der Waals surface area contributed by atoms with Gasteiger partial charge < -0.3 is 9.47 Å². The van der Waals surface area contributed by atoms with Crippen molar-refractivity contribution >= 4 is 33.5 Å². The van der Waals surface area contributed by atoms with Crippen LogP contribution in [0.4, 0.5) is 16.2 Å². The van der Waals surface area contributed by atoms with E-state index in [9.17, 15) is 18.0 Å². The quantitative estimate of drug-likeness (QED) is 0.397. The Hall–Kier alpha value is -3.33. The maximum atomic E-state index is 12.3. The fraction of sp³-hybridized carbons (Fsp3) is 0.158. The van der Waals surface area contributed by atoms with Crippen molar-refractivity contribution in [2.45, 2.75) is 11.8 Å². The molecule has 0 aliphatic rings. The van der Waals surface area contributed by atoms with Gasteiger partial charge in [0, 0.05) is 16.9 Å². The molecule has 0 heterocycles. The van der Waals surface area contributed by atoms with Gasteiger partial charge in [0.15, 0.2) is 0 Å². The largest absolute Gasteiger partial charge is 0.459 e. The molecule has 0 spiro atoms. The van der Waals surface area contributed by atoms with Crippen molar-refractivity contribution in [3.05, 3.63) is 66.7 Å². The highest BCUT2D eigenvalue weighted by Crippen LogP contribution is 2.18. The Morgan fingerprint density at radius 2 is 1.54 bits per heavy atom. The second-order valence-electron chi connectivity index (χ2n) is 5.67. The van der Waals surface area contributed by atoms with Crippen molar-refractivity contribution in [3.63, 3.8) is 0 Å². The molecule has 2 aromatic carbocycles. The van der Waals surface area contributed by atoms with E-state index in [-0.39, 0.29) is 23.7 Å². The number of nitrogens with one attached hydrogen (secondary N) is 2.